The molecule has 3 heteroatoms. The number of anilines is 6. The second-order valence-electron chi connectivity index (χ2n) is 18.1. The van der Waals surface area contributed by atoms with Crippen LogP contribution in [-0.2, 0) is 5.41 Å². The van der Waals surface area contributed by atoms with Crippen LogP contribution in [0.3, 0.4) is 0 Å². The van der Waals surface area contributed by atoms with Crippen LogP contribution in [0.25, 0.3) is 49.7 Å². The summed E-state index contributed by atoms with van der Waals surface area (Å²) in [5.74, 6) is 0. The van der Waals surface area contributed by atoms with Crippen molar-refractivity contribution in [3.05, 3.63) is 307 Å². The third-order valence-electron chi connectivity index (χ3n) is 14.2. The van der Waals surface area contributed by atoms with Crippen LogP contribution in [0.2, 0.25) is 0 Å². The molecule has 1 aromatic heterocycles. The Morgan fingerprint density at radius 3 is 1.41 bits per heavy atom. The molecule has 0 radical (unpaired) electrons. The highest BCUT2D eigenvalue weighted by atomic mass is 15.2. The minimum Gasteiger partial charge on any atom is -0.310 e. The fraction of sp³-hybridized carbons (Fsp3) is 0.0149. The Bertz CT molecular complexity index is 3790. The van der Waals surface area contributed by atoms with Crippen molar-refractivity contribution in [1.29, 1.82) is 0 Å². The molecule has 330 valence electrons. The van der Waals surface area contributed by atoms with Crippen molar-refractivity contribution in [1.82, 2.24) is 4.57 Å². The van der Waals surface area contributed by atoms with Gasteiger partial charge in [-0.2, -0.15) is 0 Å². The lowest BCUT2D eigenvalue weighted by Gasteiger charge is -2.46. The van der Waals surface area contributed by atoms with Crippen LogP contribution in [-0.4, -0.2) is 4.57 Å². The van der Waals surface area contributed by atoms with Crippen LogP contribution in [0.1, 0.15) is 22.3 Å². The SMILES string of the molecule is c1ccc(N(c2cccc(-c3ccc4c(c3)N(c3ccccc3)c3ccccc3C4(c3ccccc3)c3ccccc3)c2)c2cccc(-c3ccc4c(c3)c3ccccc3n4-c3ccccc3)c2)cc1. The number of rotatable bonds is 9. The minimum absolute atomic E-state index is 0.571. The van der Waals surface area contributed by atoms with Gasteiger partial charge >= 0.3 is 0 Å². The van der Waals surface area contributed by atoms with Crippen molar-refractivity contribution < 1.29 is 0 Å². The number of aromatic nitrogens is 1. The zero-order valence-electron chi connectivity index (χ0n) is 38.5. The van der Waals surface area contributed by atoms with Crippen molar-refractivity contribution in [3.63, 3.8) is 0 Å². The molecule has 0 unspecified atom stereocenters. The predicted molar refractivity (Wildman–Crippen MR) is 293 cm³/mol. The lowest BCUT2D eigenvalue weighted by atomic mass is 9.62. The van der Waals surface area contributed by atoms with Gasteiger partial charge in [0, 0.05) is 39.2 Å². The molecular formula is C67H47N3. The molecule has 0 saturated carbocycles. The lowest BCUT2D eigenvalue weighted by Crippen LogP contribution is -2.37. The van der Waals surface area contributed by atoms with Gasteiger partial charge in [0.05, 0.1) is 27.8 Å². The Hall–Kier alpha value is -9.18. The molecule has 11 aromatic carbocycles. The third-order valence-corrected chi connectivity index (χ3v) is 14.2. The summed E-state index contributed by atoms with van der Waals surface area (Å²) in [5.41, 5.74) is 19.2. The molecule has 12 aromatic rings. The van der Waals surface area contributed by atoms with Crippen molar-refractivity contribution in [2.45, 2.75) is 5.41 Å². The van der Waals surface area contributed by atoms with Crippen molar-refractivity contribution in [2.75, 3.05) is 9.80 Å². The largest absolute Gasteiger partial charge is 0.310 e. The van der Waals surface area contributed by atoms with E-state index in [1.54, 1.807) is 0 Å². The highest BCUT2D eigenvalue weighted by Crippen LogP contribution is 2.58. The van der Waals surface area contributed by atoms with Gasteiger partial charge < -0.3 is 14.4 Å². The van der Waals surface area contributed by atoms with Crippen LogP contribution >= 0.6 is 0 Å². The van der Waals surface area contributed by atoms with Gasteiger partial charge in [-0.15, -0.1) is 0 Å². The van der Waals surface area contributed by atoms with E-state index in [1.807, 2.05) is 0 Å². The summed E-state index contributed by atoms with van der Waals surface area (Å²) in [5, 5.41) is 2.48. The van der Waals surface area contributed by atoms with Crippen LogP contribution in [0.5, 0.6) is 0 Å². The first-order chi connectivity index (χ1) is 34.7. The van der Waals surface area contributed by atoms with Crippen LogP contribution in [0.4, 0.5) is 34.1 Å². The molecule has 0 N–H and O–H groups in total. The number of para-hydroxylation sites is 5. The summed E-state index contributed by atoms with van der Waals surface area (Å²) in [6.07, 6.45) is 0. The van der Waals surface area contributed by atoms with E-state index in [0.717, 1.165) is 56.5 Å². The Balaban J connectivity index is 0.956. The highest BCUT2D eigenvalue weighted by Gasteiger charge is 2.46. The first kappa shape index (κ1) is 41.0. The number of fused-ring (bicyclic) bond motifs is 5. The number of benzene rings is 11. The average Bonchev–Trinajstić information content (AvgIpc) is 3.77. The van der Waals surface area contributed by atoms with Crippen LogP contribution < -0.4 is 9.80 Å². The fourth-order valence-electron chi connectivity index (χ4n) is 11.2. The van der Waals surface area contributed by atoms with Crippen molar-refractivity contribution in [3.8, 4) is 27.9 Å². The molecule has 0 atom stereocenters. The molecule has 1 aliphatic heterocycles. The Morgan fingerprint density at radius 1 is 0.286 bits per heavy atom. The van der Waals surface area contributed by atoms with E-state index in [9.17, 15) is 0 Å². The van der Waals surface area contributed by atoms with E-state index in [0.29, 0.717) is 0 Å². The van der Waals surface area contributed by atoms with Gasteiger partial charge in [-0.3, -0.25) is 0 Å². The average molecular weight is 894 g/mol. The van der Waals surface area contributed by atoms with Gasteiger partial charge in [-0.1, -0.05) is 194 Å². The zero-order chi connectivity index (χ0) is 46.4. The molecule has 0 bridgehead atoms. The Morgan fingerprint density at radius 2 is 0.757 bits per heavy atom. The maximum Gasteiger partial charge on any atom is 0.0742 e. The molecule has 70 heavy (non-hydrogen) atoms. The third kappa shape index (κ3) is 6.74. The van der Waals surface area contributed by atoms with Gasteiger partial charge in [0.2, 0.25) is 0 Å². The van der Waals surface area contributed by atoms with Gasteiger partial charge in [-0.05, 0) is 136 Å². The number of nitrogens with zero attached hydrogens (tertiary/aromatic N) is 3. The van der Waals surface area contributed by atoms with Gasteiger partial charge in [0.15, 0.2) is 0 Å². The maximum atomic E-state index is 2.46. The van der Waals surface area contributed by atoms with E-state index in [1.165, 1.54) is 49.6 Å². The zero-order valence-corrected chi connectivity index (χ0v) is 38.5. The maximum absolute atomic E-state index is 2.46. The monoisotopic (exact) mass is 893 g/mol. The van der Waals surface area contributed by atoms with Gasteiger partial charge in [-0.25, -0.2) is 0 Å². The second-order valence-corrected chi connectivity index (χ2v) is 18.1. The van der Waals surface area contributed by atoms with Crippen LogP contribution in [0.15, 0.2) is 285 Å². The second kappa shape index (κ2) is 17.2. The molecule has 0 aliphatic carbocycles. The van der Waals surface area contributed by atoms with E-state index >= 15 is 0 Å². The fourth-order valence-corrected chi connectivity index (χ4v) is 11.2. The summed E-state index contributed by atoms with van der Waals surface area (Å²) < 4.78 is 2.37. The molecule has 0 saturated heterocycles. The highest BCUT2D eigenvalue weighted by molar-refractivity contribution is 6.10. The normalized spacial score (nSPS) is 12.7. The molecule has 0 spiro atoms. The van der Waals surface area contributed by atoms with E-state index in [4.69, 9.17) is 0 Å². The molecule has 13 rings (SSSR count). The summed E-state index contributed by atoms with van der Waals surface area (Å²) in [4.78, 5) is 4.84. The quantitative estimate of drug-likeness (QED) is 0.143. The molecule has 0 amide bonds. The van der Waals surface area contributed by atoms with Crippen molar-refractivity contribution in [2.24, 2.45) is 0 Å². The summed E-state index contributed by atoms with van der Waals surface area (Å²) in [6, 6.07) is 104. The van der Waals surface area contributed by atoms with Crippen LogP contribution in [0, 0.1) is 0 Å². The standard InChI is InChI=1S/C67H47N3/c1-6-24-52(25-7-1)67(53-26-8-2-9-27-53)61-37-17-19-39-65(61)70(56-32-14-5-15-33-56)66-47-51(40-42-62(66)67)49-23-21-35-58(45-49)68(54-28-10-3-11-29-54)57-34-20-22-48(44-57)50-41-43-64-60(46-50)59-36-16-18-38-63(59)69(64)55-30-12-4-13-31-55/h1-47H. The number of hydrogen-bond donors (Lipinski definition) is 0. The summed E-state index contributed by atoms with van der Waals surface area (Å²) in [6.45, 7) is 0. The van der Waals surface area contributed by atoms with E-state index < -0.39 is 5.41 Å². The predicted octanol–water partition coefficient (Wildman–Crippen LogP) is 17.8. The lowest BCUT2D eigenvalue weighted by molar-refractivity contribution is 0.731. The van der Waals surface area contributed by atoms with Crippen molar-refractivity contribution >= 4 is 55.9 Å². The van der Waals surface area contributed by atoms with E-state index in [-0.39, 0.29) is 0 Å². The minimum atomic E-state index is -0.571. The first-order valence-electron chi connectivity index (χ1n) is 24.1. The smallest absolute Gasteiger partial charge is 0.0742 e. The molecule has 2 heterocycles. The van der Waals surface area contributed by atoms with E-state index in [2.05, 4.69) is 299 Å². The molecule has 3 nitrogen and oxygen atoms in total. The topological polar surface area (TPSA) is 11.4 Å². The molecular weight excluding hydrogens is 847 g/mol. The molecule has 0 fully saturated rings. The van der Waals surface area contributed by atoms with Gasteiger partial charge in [0.25, 0.3) is 0 Å². The number of hydrogen-bond acceptors (Lipinski definition) is 2. The first-order valence-corrected chi connectivity index (χ1v) is 24.1. The Labute approximate surface area is 409 Å². The van der Waals surface area contributed by atoms with Gasteiger partial charge in [0.1, 0.15) is 0 Å². The molecule has 1 aliphatic rings. The summed E-state index contributed by atoms with van der Waals surface area (Å²) in [7, 11) is 0. The summed E-state index contributed by atoms with van der Waals surface area (Å²) >= 11 is 0. The Kier molecular flexibility index (Phi) is 10.1.